The van der Waals surface area contributed by atoms with E-state index in [-0.39, 0.29) is 18.4 Å². The lowest BCUT2D eigenvalue weighted by Crippen LogP contribution is -2.34. The van der Waals surface area contributed by atoms with Gasteiger partial charge in [0.05, 0.1) is 12.8 Å². The van der Waals surface area contributed by atoms with Gasteiger partial charge >= 0.3 is 0 Å². The van der Waals surface area contributed by atoms with Gasteiger partial charge in [0.1, 0.15) is 0 Å². The highest BCUT2D eigenvalue weighted by Gasteiger charge is 2.06. The van der Waals surface area contributed by atoms with Gasteiger partial charge in [-0.15, -0.1) is 0 Å². The predicted octanol–water partition coefficient (Wildman–Crippen LogP) is 2.41. The summed E-state index contributed by atoms with van der Waals surface area (Å²) in [4.78, 5) is 25.8. The van der Waals surface area contributed by atoms with Gasteiger partial charge in [-0.25, -0.2) is 5.43 Å². The molecule has 0 saturated carbocycles. The molecule has 2 N–H and O–H groups in total. The van der Waals surface area contributed by atoms with Crippen LogP contribution in [0.25, 0.3) is 0 Å². The summed E-state index contributed by atoms with van der Waals surface area (Å²) in [5.41, 5.74) is 4.95. The van der Waals surface area contributed by atoms with Crippen molar-refractivity contribution in [2.45, 2.75) is 13.8 Å². The average Bonchev–Trinajstić information content (AvgIpc) is 2.69. The second-order valence-corrected chi connectivity index (χ2v) is 5.61. The van der Waals surface area contributed by atoms with Crippen LogP contribution in [0, 0.1) is 0 Å². The standard InChI is InChI=1S/C20H24N4O2/c1-3-24(4-2)18-12-10-16(11-13-18)14-22-23-19(25)15-21-20(26)17-8-6-5-7-9-17/h5-14H,3-4,15H2,1-2H3,(H,21,26)(H,23,25)/b22-14+. The molecule has 0 saturated heterocycles. The third kappa shape index (κ3) is 5.73. The number of hydrogen-bond acceptors (Lipinski definition) is 4. The van der Waals surface area contributed by atoms with Crippen molar-refractivity contribution in [2.75, 3.05) is 24.5 Å². The van der Waals surface area contributed by atoms with E-state index in [0.717, 1.165) is 24.3 Å². The zero-order valence-electron chi connectivity index (χ0n) is 15.1. The number of carbonyl (C=O) groups excluding carboxylic acids is 2. The lowest BCUT2D eigenvalue weighted by molar-refractivity contribution is -0.120. The summed E-state index contributed by atoms with van der Waals surface area (Å²) in [5.74, 6) is -0.679. The number of amides is 2. The number of benzene rings is 2. The second kappa shape index (κ2) is 9.98. The Hall–Kier alpha value is -3.15. The van der Waals surface area contributed by atoms with Gasteiger partial charge in [0.25, 0.3) is 11.8 Å². The minimum absolute atomic E-state index is 0.133. The van der Waals surface area contributed by atoms with E-state index in [0.29, 0.717) is 5.56 Å². The Kier molecular flexibility index (Phi) is 7.36. The van der Waals surface area contributed by atoms with Gasteiger partial charge in [-0.3, -0.25) is 9.59 Å². The van der Waals surface area contributed by atoms with Crippen LogP contribution in [0.2, 0.25) is 0 Å². The molecule has 0 aliphatic rings. The summed E-state index contributed by atoms with van der Waals surface area (Å²) in [6.45, 7) is 6.01. The quantitative estimate of drug-likeness (QED) is 0.566. The number of nitrogens with zero attached hydrogens (tertiary/aromatic N) is 2. The van der Waals surface area contributed by atoms with Crippen molar-refractivity contribution in [3.05, 3.63) is 65.7 Å². The van der Waals surface area contributed by atoms with Crippen LogP contribution in [-0.4, -0.2) is 37.7 Å². The van der Waals surface area contributed by atoms with Gasteiger partial charge in [0, 0.05) is 24.3 Å². The van der Waals surface area contributed by atoms with E-state index in [4.69, 9.17) is 0 Å². The molecule has 2 aromatic rings. The van der Waals surface area contributed by atoms with Crippen LogP contribution >= 0.6 is 0 Å². The van der Waals surface area contributed by atoms with Crippen molar-refractivity contribution in [1.29, 1.82) is 0 Å². The Morgan fingerprint density at radius 1 is 1.00 bits per heavy atom. The highest BCUT2D eigenvalue weighted by Crippen LogP contribution is 2.13. The van der Waals surface area contributed by atoms with Crippen LogP contribution < -0.4 is 15.6 Å². The molecule has 2 aromatic carbocycles. The van der Waals surface area contributed by atoms with Crippen LogP contribution in [0.5, 0.6) is 0 Å². The second-order valence-electron chi connectivity index (χ2n) is 5.61. The van der Waals surface area contributed by atoms with Gasteiger partial charge in [-0.2, -0.15) is 5.10 Å². The zero-order chi connectivity index (χ0) is 18.8. The molecule has 2 rings (SSSR count). The first kappa shape index (κ1) is 19.2. The molecule has 0 atom stereocenters. The highest BCUT2D eigenvalue weighted by atomic mass is 16.2. The molecular weight excluding hydrogens is 328 g/mol. The molecule has 136 valence electrons. The van der Waals surface area contributed by atoms with Crippen molar-refractivity contribution < 1.29 is 9.59 Å². The molecule has 26 heavy (non-hydrogen) atoms. The molecule has 0 aliphatic heterocycles. The summed E-state index contributed by atoms with van der Waals surface area (Å²) in [5, 5.41) is 6.47. The lowest BCUT2D eigenvalue weighted by atomic mass is 10.2. The van der Waals surface area contributed by atoms with Crippen molar-refractivity contribution in [3.63, 3.8) is 0 Å². The molecule has 0 heterocycles. The van der Waals surface area contributed by atoms with E-state index >= 15 is 0 Å². The van der Waals surface area contributed by atoms with Crippen molar-refractivity contribution >= 4 is 23.7 Å². The van der Waals surface area contributed by atoms with Crippen LogP contribution in [0.15, 0.2) is 59.7 Å². The summed E-state index contributed by atoms with van der Waals surface area (Å²) < 4.78 is 0. The Morgan fingerprint density at radius 3 is 2.27 bits per heavy atom. The number of nitrogens with one attached hydrogen (secondary N) is 2. The van der Waals surface area contributed by atoms with E-state index in [1.807, 2.05) is 30.3 Å². The maximum atomic E-state index is 11.8. The van der Waals surface area contributed by atoms with Crippen LogP contribution in [0.4, 0.5) is 5.69 Å². The fourth-order valence-corrected chi connectivity index (χ4v) is 2.43. The smallest absolute Gasteiger partial charge is 0.259 e. The predicted molar refractivity (Wildman–Crippen MR) is 105 cm³/mol. The Labute approximate surface area is 153 Å². The van der Waals surface area contributed by atoms with Crippen LogP contribution in [-0.2, 0) is 4.79 Å². The van der Waals surface area contributed by atoms with Crippen LogP contribution in [0.1, 0.15) is 29.8 Å². The first-order valence-corrected chi connectivity index (χ1v) is 8.64. The number of anilines is 1. The molecule has 0 spiro atoms. The summed E-state index contributed by atoms with van der Waals surface area (Å²) in [6, 6.07) is 16.7. The van der Waals surface area contributed by atoms with Crippen molar-refractivity contribution in [1.82, 2.24) is 10.7 Å². The molecule has 2 amide bonds. The molecular formula is C20H24N4O2. The van der Waals surface area contributed by atoms with E-state index < -0.39 is 0 Å². The molecule has 0 aromatic heterocycles. The molecule has 0 unspecified atom stereocenters. The SMILES string of the molecule is CCN(CC)c1ccc(/C=N/NC(=O)CNC(=O)c2ccccc2)cc1. The third-order valence-electron chi connectivity index (χ3n) is 3.87. The highest BCUT2D eigenvalue weighted by molar-refractivity contribution is 5.96. The first-order valence-electron chi connectivity index (χ1n) is 8.64. The van der Waals surface area contributed by atoms with Gasteiger partial charge in [-0.05, 0) is 43.7 Å². The topological polar surface area (TPSA) is 73.8 Å². The summed E-state index contributed by atoms with van der Waals surface area (Å²) in [6.07, 6.45) is 1.57. The zero-order valence-corrected chi connectivity index (χ0v) is 15.1. The van der Waals surface area contributed by atoms with Crippen LogP contribution in [0.3, 0.4) is 0 Å². The first-order chi connectivity index (χ1) is 12.6. The van der Waals surface area contributed by atoms with Gasteiger partial charge in [-0.1, -0.05) is 30.3 Å². The molecule has 6 nitrogen and oxygen atoms in total. The molecule has 6 heteroatoms. The number of hydrazone groups is 1. The number of rotatable bonds is 8. The van der Waals surface area contributed by atoms with Gasteiger partial charge in [0.2, 0.25) is 0 Å². The minimum Gasteiger partial charge on any atom is -0.372 e. The lowest BCUT2D eigenvalue weighted by Gasteiger charge is -2.20. The number of carbonyl (C=O) groups is 2. The van der Waals surface area contributed by atoms with Crippen molar-refractivity contribution in [3.8, 4) is 0 Å². The Morgan fingerprint density at radius 2 is 1.65 bits per heavy atom. The van der Waals surface area contributed by atoms with E-state index in [1.165, 1.54) is 0 Å². The molecule has 0 fully saturated rings. The van der Waals surface area contributed by atoms with E-state index in [1.54, 1.807) is 30.5 Å². The molecule has 0 aliphatic carbocycles. The maximum Gasteiger partial charge on any atom is 0.259 e. The summed E-state index contributed by atoms with van der Waals surface area (Å²) >= 11 is 0. The monoisotopic (exact) mass is 352 g/mol. The third-order valence-corrected chi connectivity index (χ3v) is 3.87. The maximum absolute atomic E-state index is 11.8. The Bertz CT molecular complexity index is 738. The number of hydrogen-bond donors (Lipinski definition) is 2. The summed E-state index contributed by atoms with van der Waals surface area (Å²) in [7, 11) is 0. The van der Waals surface area contributed by atoms with Gasteiger partial charge < -0.3 is 10.2 Å². The fourth-order valence-electron chi connectivity index (χ4n) is 2.43. The normalized spacial score (nSPS) is 10.5. The molecule has 0 bridgehead atoms. The minimum atomic E-state index is -0.384. The van der Waals surface area contributed by atoms with Gasteiger partial charge in [0.15, 0.2) is 0 Å². The van der Waals surface area contributed by atoms with E-state index in [9.17, 15) is 9.59 Å². The Balaban J connectivity index is 1.79. The van der Waals surface area contributed by atoms with E-state index in [2.05, 4.69) is 34.6 Å². The van der Waals surface area contributed by atoms with Crippen molar-refractivity contribution in [2.24, 2.45) is 5.10 Å². The molecule has 0 radical (unpaired) electrons. The average molecular weight is 352 g/mol. The largest absolute Gasteiger partial charge is 0.372 e. The fraction of sp³-hybridized carbons (Fsp3) is 0.250.